The van der Waals surface area contributed by atoms with E-state index in [4.69, 9.17) is 0 Å². The van der Waals surface area contributed by atoms with Crippen LogP contribution >= 0.6 is 0 Å². The van der Waals surface area contributed by atoms with Crippen molar-refractivity contribution in [2.24, 2.45) is 0 Å². The van der Waals surface area contributed by atoms with Crippen molar-refractivity contribution in [1.29, 1.82) is 0 Å². The van der Waals surface area contributed by atoms with E-state index in [0.717, 1.165) is 0 Å². The molecule has 7 rings (SSSR count). The van der Waals surface area contributed by atoms with Crippen LogP contribution in [0.3, 0.4) is 0 Å². The standard InChI is InChI=1S/C54H58Si/c1-33-26-36(4)51(37(5)27-33)45-20-14-17-23-48(45)55(54(13)32-42(10)43(11)44(54)12,49-24-18-15-21-46(49)52-38(6)28-34(2)29-39(52)7)50-25-19-16-22-47(50)53-40(8)30-35(3)31-41(53)9/h14-32H,1-13H3. The molecule has 6 aromatic carbocycles. The Hall–Kier alpha value is -4.98. The van der Waals surface area contributed by atoms with Gasteiger partial charge in [0.15, 0.2) is 8.07 Å². The molecule has 1 aliphatic rings. The molecule has 55 heavy (non-hydrogen) atoms. The lowest BCUT2D eigenvalue weighted by atomic mass is 9.93. The third-order valence-corrected chi connectivity index (χ3v) is 18.9. The molecule has 1 atom stereocenters. The van der Waals surface area contributed by atoms with Crippen LogP contribution in [0.5, 0.6) is 0 Å². The van der Waals surface area contributed by atoms with Gasteiger partial charge in [0.25, 0.3) is 0 Å². The number of aryl methyl sites for hydroxylation is 9. The highest BCUT2D eigenvalue weighted by atomic mass is 28.3. The van der Waals surface area contributed by atoms with Crippen LogP contribution in [0.4, 0.5) is 0 Å². The third-order valence-electron chi connectivity index (χ3n) is 13.0. The Bertz CT molecular complexity index is 2260. The summed E-state index contributed by atoms with van der Waals surface area (Å²) in [6.45, 7) is 30.3. The zero-order valence-electron chi connectivity index (χ0n) is 35.5. The van der Waals surface area contributed by atoms with Crippen molar-refractivity contribution in [2.75, 3.05) is 0 Å². The molecule has 0 fully saturated rings. The van der Waals surface area contributed by atoms with E-state index < -0.39 is 8.07 Å². The van der Waals surface area contributed by atoms with Crippen molar-refractivity contribution in [2.45, 2.75) is 95.0 Å². The molecule has 0 N–H and O–H groups in total. The van der Waals surface area contributed by atoms with Crippen LogP contribution in [0.25, 0.3) is 33.4 Å². The highest BCUT2D eigenvalue weighted by molar-refractivity contribution is 7.16. The normalized spacial score (nSPS) is 15.8. The summed E-state index contributed by atoms with van der Waals surface area (Å²) < 4.78 is 0. The molecule has 1 unspecified atom stereocenters. The van der Waals surface area contributed by atoms with E-state index in [1.807, 2.05) is 0 Å². The average Bonchev–Trinajstić information content (AvgIpc) is 3.31. The van der Waals surface area contributed by atoms with Crippen LogP contribution < -0.4 is 15.6 Å². The van der Waals surface area contributed by atoms with Crippen molar-refractivity contribution in [1.82, 2.24) is 0 Å². The second kappa shape index (κ2) is 14.3. The maximum atomic E-state index is 2.67. The van der Waals surface area contributed by atoms with E-state index in [1.54, 1.807) is 0 Å². The summed E-state index contributed by atoms with van der Waals surface area (Å²) in [5.41, 5.74) is 24.3. The molecule has 0 radical (unpaired) electrons. The summed E-state index contributed by atoms with van der Waals surface area (Å²) in [5, 5.41) is 4.09. The Balaban J connectivity index is 1.81. The first kappa shape index (κ1) is 38.3. The molecule has 0 nitrogen and oxygen atoms in total. The van der Waals surface area contributed by atoms with Gasteiger partial charge in [-0.25, -0.2) is 0 Å². The minimum absolute atomic E-state index is 0.311. The second-order valence-corrected chi connectivity index (χ2v) is 21.1. The van der Waals surface area contributed by atoms with Crippen molar-refractivity contribution < 1.29 is 0 Å². The fourth-order valence-electron chi connectivity index (χ4n) is 10.9. The van der Waals surface area contributed by atoms with Gasteiger partial charge in [-0.2, -0.15) is 0 Å². The summed E-state index contributed by atoms with van der Waals surface area (Å²) in [4.78, 5) is 0. The Morgan fingerprint density at radius 3 is 0.909 bits per heavy atom. The Morgan fingerprint density at radius 1 is 0.382 bits per heavy atom. The van der Waals surface area contributed by atoms with Gasteiger partial charge in [-0.05, 0) is 171 Å². The van der Waals surface area contributed by atoms with E-state index in [1.165, 1.54) is 116 Å². The lowest BCUT2D eigenvalue weighted by Crippen LogP contribution is -2.74. The average molecular weight is 735 g/mol. The summed E-state index contributed by atoms with van der Waals surface area (Å²) in [6, 6.07) is 42.8. The summed E-state index contributed by atoms with van der Waals surface area (Å²) in [5.74, 6) is 0. The van der Waals surface area contributed by atoms with Gasteiger partial charge in [-0.15, -0.1) is 0 Å². The third kappa shape index (κ3) is 6.03. The van der Waals surface area contributed by atoms with Gasteiger partial charge < -0.3 is 0 Å². The molecule has 0 aromatic heterocycles. The van der Waals surface area contributed by atoms with Gasteiger partial charge in [-0.1, -0.05) is 150 Å². The first-order valence-corrected chi connectivity index (χ1v) is 22.0. The molecule has 1 heteroatoms. The van der Waals surface area contributed by atoms with Crippen LogP contribution in [0.2, 0.25) is 5.04 Å². The molecule has 0 saturated carbocycles. The van der Waals surface area contributed by atoms with E-state index in [9.17, 15) is 0 Å². The van der Waals surface area contributed by atoms with Gasteiger partial charge in [0.2, 0.25) is 0 Å². The molecule has 0 saturated heterocycles. The first-order valence-electron chi connectivity index (χ1n) is 20.0. The van der Waals surface area contributed by atoms with Crippen molar-refractivity contribution in [3.05, 3.63) is 182 Å². The summed E-state index contributed by atoms with van der Waals surface area (Å²) >= 11 is 0. The maximum Gasteiger partial charge on any atom is 0.163 e. The molecule has 6 aromatic rings. The van der Waals surface area contributed by atoms with Gasteiger partial charge >= 0.3 is 0 Å². The zero-order chi connectivity index (χ0) is 39.6. The highest BCUT2D eigenvalue weighted by Crippen LogP contribution is 2.55. The quantitative estimate of drug-likeness (QED) is 0.113. The predicted molar refractivity (Wildman–Crippen MR) is 243 cm³/mol. The number of rotatable bonds is 7. The topological polar surface area (TPSA) is 0 Å². The minimum atomic E-state index is -3.26. The van der Waals surface area contributed by atoms with Gasteiger partial charge in [-0.3, -0.25) is 0 Å². The lowest BCUT2D eigenvalue weighted by Gasteiger charge is -2.49. The highest BCUT2D eigenvalue weighted by Gasteiger charge is 2.58. The van der Waals surface area contributed by atoms with E-state index in [2.05, 4.69) is 205 Å². The van der Waals surface area contributed by atoms with E-state index in [0.29, 0.717) is 0 Å². The molecule has 278 valence electrons. The number of allylic oxidation sites excluding steroid dienone is 4. The fourth-order valence-corrected chi connectivity index (χ4v) is 17.5. The number of hydrogen-bond acceptors (Lipinski definition) is 0. The van der Waals surface area contributed by atoms with Crippen LogP contribution in [-0.2, 0) is 0 Å². The number of benzene rings is 6. The van der Waals surface area contributed by atoms with Crippen LogP contribution in [-0.4, -0.2) is 8.07 Å². The fraction of sp³-hybridized carbons (Fsp3) is 0.259. The molecule has 1 aliphatic carbocycles. The molecule has 0 bridgehead atoms. The van der Waals surface area contributed by atoms with Crippen LogP contribution in [0.15, 0.2) is 132 Å². The Kier molecular flexibility index (Phi) is 9.93. The molecule has 0 aliphatic heterocycles. The van der Waals surface area contributed by atoms with Gasteiger partial charge in [0, 0.05) is 5.04 Å². The van der Waals surface area contributed by atoms with Gasteiger partial charge in [0.05, 0.1) is 0 Å². The van der Waals surface area contributed by atoms with Gasteiger partial charge in [0.1, 0.15) is 0 Å². The SMILES string of the molecule is CC1=CC(C)([Si](c2ccccc2-c2c(C)cc(C)cc2C)(c2ccccc2-c2c(C)cc(C)cc2C)c2ccccc2-c2c(C)cc(C)cc2C)C(C)=C1C. The molecular formula is C54H58Si. The molecule has 0 spiro atoms. The van der Waals surface area contributed by atoms with E-state index in [-0.39, 0.29) is 5.04 Å². The lowest BCUT2D eigenvalue weighted by molar-refractivity contribution is 0.870. The monoisotopic (exact) mass is 734 g/mol. The maximum absolute atomic E-state index is 3.26. The summed E-state index contributed by atoms with van der Waals surface area (Å²) in [6.07, 6.45) is 2.67. The Morgan fingerprint density at radius 2 is 0.655 bits per heavy atom. The molecule has 0 amide bonds. The predicted octanol–water partition coefficient (Wildman–Crippen LogP) is 13.0. The Labute approximate surface area is 332 Å². The van der Waals surface area contributed by atoms with Crippen LogP contribution in [0.1, 0.15) is 77.8 Å². The van der Waals surface area contributed by atoms with Crippen molar-refractivity contribution in [3.8, 4) is 33.4 Å². The molecule has 0 heterocycles. The van der Waals surface area contributed by atoms with E-state index >= 15 is 0 Å². The van der Waals surface area contributed by atoms with Crippen molar-refractivity contribution in [3.63, 3.8) is 0 Å². The summed E-state index contributed by atoms with van der Waals surface area (Å²) in [7, 11) is -3.26. The second-order valence-electron chi connectivity index (χ2n) is 17.0. The smallest absolute Gasteiger partial charge is 0.0730 e. The minimum Gasteiger partial charge on any atom is -0.0730 e. The number of hydrogen-bond donors (Lipinski definition) is 0. The molecular weight excluding hydrogens is 677 g/mol. The van der Waals surface area contributed by atoms with Crippen LogP contribution in [0, 0.1) is 62.3 Å². The van der Waals surface area contributed by atoms with Crippen molar-refractivity contribution >= 4 is 23.6 Å². The zero-order valence-corrected chi connectivity index (χ0v) is 36.5. The largest absolute Gasteiger partial charge is 0.163 e. The first-order chi connectivity index (χ1) is 26.1.